The lowest BCUT2D eigenvalue weighted by Gasteiger charge is -2.23. The fourth-order valence-corrected chi connectivity index (χ4v) is 4.36. The highest BCUT2D eigenvalue weighted by atomic mass is 15.3. The molecule has 4 rings (SSSR count). The van der Waals surface area contributed by atoms with E-state index in [1.54, 1.807) is 23.5 Å². The maximum atomic E-state index is 9.42. The molecule has 0 spiro atoms. The molecular formula is C35H39N9. The first kappa shape index (κ1) is 33.3. The standard InChI is InChI=1S/C18H20N4.C17H19N5/c1-17(2,11-19)15-7-14(10-22-6-5-21-13-22)8-16(9-15)18(3,4)12-20;1-16(2,9-18)14-5-13(8-22-12-20-11-21-22)6-15(7-14)17(3,4)10-19/h5-9,13H,10H2,1-4H3;5-7,11-12H,8H2,1-4H3. The van der Waals surface area contributed by atoms with E-state index < -0.39 is 21.7 Å². The van der Waals surface area contributed by atoms with Crippen LogP contribution in [0.15, 0.2) is 67.8 Å². The molecule has 0 fully saturated rings. The van der Waals surface area contributed by atoms with E-state index in [0.717, 1.165) is 33.4 Å². The van der Waals surface area contributed by atoms with E-state index in [0.29, 0.717) is 13.1 Å². The van der Waals surface area contributed by atoms with Crippen LogP contribution in [0.25, 0.3) is 0 Å². The van der Waals surface area contributed by atoms with E-state index in [9.17, 15) is 21.0 Å². The van der Waals surface area contributed by atoms with Gasteiger partial charge < -0.3 is 4.57 Å². The zero-order valence-corrected chi connectivity index (χ0v) is 26.8. The molecule has 0 aliphatic rings. The minimum atomic E-state index is -0.612. The van der Waals surface area contributed by atoms with Crippen molar-refractivity contribution in [1.29, 1.82) is 21.0 Å². The number of hydrogen-bond acceptors (Lipinski definition) is 7. The molecule has 0 saturated carbocycles. The van der Waals surface area contributed by atoms with Crippen LogP contribution in [0.1, 0.15) is 88.8 Å². The van der Waals surface area contributed by atoms with Crippen LogP contribution in [0.5, 0.6) is 0 Å². The molecule has 0 aliphatic heterocycles. The second-order valence-corrected chi connectivity index (χ2v) is 13.1. The molecule has 0 aliphatic carbocycles. The fraction of sp³-hybridized carbons (Fsp3) is 0.400. The van der Waals surface area contributed by atoms with Gasteiger partial charge in [-0.15, -0.1) is 0 Å². The largest absolute Gasteiger partial charge is 0.333 e. The molecule has 9 nitrogen and oxygen atoms in total. The predicted molar refractivity (Wildman–Crippen MR) is 168 cm³/mol. The molecule has 0 unspecified atom stereocenters. The van der Waals surface area contributed by atoms with Gasteiger partial charge in [-0.25, -0.2) is 14.6 Å². The first-order valence-electron chi connectivity index (χ1n) is 14.3. The molecule has 224 valence electrons. The second kappa shape index (κ2) is 12.9. The van der Waals surface area contributed by atoms with Gasteiger partial charge in [0, 0.05) is 18.9 Å². The van der Waals surface area contributed by atoms with Crippen molar-refractivity contribution in [3.05, 3.63) is 101 Å². The van der Waals surface area contributed by atoms with Crippen molar-refractivity contribution in [3.8, 4) is 24.3 Å². The average Bonchev–Trinajstić information content (AvgIpc) is 3.72. The number of nitriles is 4. The molecular weight excluding hydrogens is 546 g/mol. The van der Waals surface area contributed by atoms with Crippen molar-refractivity contribution in [1.82, 2.24) is 24.3 Å². The normalized spacial score (nSPS) is 11.7. The van der Waals surface area contributed by atoms with E-state index in [1.165, 1.54) is 6.33 Å². The molecule has 4 aromatic rings. The Morgan fingerprint density at radius 2 is 0.977 bits per heavy atom. The molecule has 2 heterocycles. The summed E-state index contributed by atoms with van der Waals surface area (Å²) < 4.78 is 3.70. The van der Waals surface area contributed by atoms with Gasteiger partial charge in [-0.3, -0.25) is 0 Å². The number of aromatic nitrogens is 5. The fourth-order valence-electron chi connectivity index (χ4n) is 4.36. The Hall–Kier alpha value is -5.25. The van der Waals surface area contributed by atoms with E-state index in [2.05, 4.69) is 39.3 Å². The molecule has 0 atom stereocenters. The van der Waals surface area contributed by atoms with Crippen LogP contribution < -0.4 is 0 Å². The molecule has 9 heteroatoms. The first-order chi connectivity index (χ1) is 20.6. The summed E-state index contributed by atoms with van der Waals surface area (Å²) in [7, 11) is 0. The SMILES string of the molecule is CC(C)(C#N)c1cc(Cn2ccnc2)cc(C(C)(C)C#N)c1.CC(C)(C#N)c1cc(Cn2cncn2)cc(C(C)(C)C#N)c1. The van der Waals surface area contributed by atoms with Crippen molar-refractivity contribution in [2.75, 3.05) is 0 Å². The summed E-state index contributed by atoms with van der Waals surface area (Å²) in [5.41, 5.74) is 3.35. The van der Waals surface area contributed by atoms with E-state index in [-0.39, 0.29) is 0 Å². The minimum absolute atomic E-state index is 0.559. The topological polar surface area (TPSA) is 144 Å². The van der Waals surface area contributed by atoms with E-state index in [4.69, 9.17) is 0 Å². The van der Waals surface area contributed by atoms with Gasteiger partial charge >= 0.3 is 0 Å². The number of imidazole rings is 1. The number of rotatable bonds is 8. The van der Waals surface area contributed by atoms with Crippen LogP contribution >= 0.6 is 0 Å². The van der Waals surface area contributed by atoms with Crippen molar-refractivity contribution >= 4 is 0 Å². The highest BCUT2D eigenvalue weighted by Crippen LogP contribution is 2.32. The van der Waals surface area contributed by atoms with Gasteiger partial charge in [0.1, 0.15) is 12.7 Å². The lowest BCUT2D eigenvalue weighted by atomic mass is 9.79. The zero-order chi connectivity index (χ0) is 32.8. The molecule has 0 N–H and O–H groups in total. The highest BCUT2D eigenvalue weighted by Gasteiger charge is 2.27. The van der Waals surface area contributed by atoms with Gasteiger partial charge in [-0.2, -0.15) is 26.1 Å². The van der Waals surface area contributed by atoms with Crippen molar-refractivity contribution in [2.45, 2.75) is 90.1 Å². The van der Waals surface area contributed by atoms with Crippen LogP contribution in [0.2, 0.25) is 0 Å². The van der Waals surface area contributed by atoms with Gasteiger partial charge in [0.2, 0.25) is 0 Å². The number of hydrogen-bond donors (Lipinski definition) is 0. The molecule has 0 bridgehead atoms. The highest BCUT2D eigenvalue weighted by molar-refractivity contribution is 5.44. The molecule has 2 aromatic carbocycles. The monoisotopic (exact) mass is 585 g/mol. The Bertz CT molecular complexity index is 1530. The summed E-state index contributed by atoms with van der Waals surface area (Å²) in [4.78, 5) is 7.99. The third kappa shape index (κ3) is 7.97. The average molecular weight is 586 g/mol. The van der Waals surface area contributed by atoms with Gasteiger partial charge in [-0.1, -0.05) is 36.4 Å². The van der Waals surface area contributed by atoms with E-state index in [1.807, 2.05) is 103 Å². The quantitative estimate of drug-likeness (QED) is 0.231. The Morgan fingerprint density at radius 3 is 1.30 bits per heavy atom. The van der Waals surface area contributed by atoms with Crippen LogP contribution in [0.3, 0.4) is 0 Å². The summed E-state index contributed by atoms with van der Waals surface area (Å²) in [5.74, 6) is 0. The van der Waals surface area contributed by atoms with Gasteiger partial charge in [0.15, 0.2) is 0 Å². The van der Waals surface area contributed by atoms with Crippen molar-refractivity contribution in [3.63, 3.8) is 0 Å². The molecule has 0 amide bonds. The van der Waals surface area contributed by atoms with E-state index >= 15 is 0 Å². The van der Waals surface area contributed by atoms with Crippen LogP contribution in [-0.2, 0) is 34.7 Å². The Kier molecular flexibility index (Phi) is 9.79. The van der Waals surface area contributed by atoms with Gasteiger partial charge in [0.05, 0.1) is 58.8 Å². The second-order valence-electron chi connectivity index (χ2n) is 13.1. The molecule has 44 heavy (non-hydrogen) atoms. The minimum Gasteiger partial charge on any atom is -0.333 e. The number of benzene rings is 2. The van der Waals surface area contributed by atoms with Crippen molar-refractivity contribution < 1.29 is 0 Å². The third-order valence-electron chi connectivity index (χ3n) is 7.73. The van der Waals surface area contributed by atoms with Crippen LogP contribution in [0, 0.1) is 45.3 Å². The third-order valence-corrected chi connectivity index (χ3v) is 7.73. The first-order valence-corrected chi connectivity index (χ1v) is 14.3. The molecule has 0 radical (unpaired) electrons. The summed E-state index contributed by atoms with van der Waals surface area (Å²) >= 11 is 0. The molecule has 0 saturated heterocycles. The van der Waals surface area contributed by atoms with Crippen LogP contribution in [0.4, 0.5) is 0 Å². The smallest absolute Gasteiger partial charge is 0.137 e. The Balaban J connectivity index is 0.000000240. The maximum Gasteiger partial charge on any atom is 0.137 e. The summed E-state index contributed by atoms with van der Waals surface area (Å²) in [5, 5.41) is 41.7. The summed E-state index contributed by atoms with van der Waals surface area (Å²) in [6.07, 6.45) is 8.54. The Morgan fingerprint density at radius 1 is 0.568 bits per heavy atom. The molecule has 2 aromatic heterocycles. The van der Waals surface area contributed by atoms with Crippen molar-refractivity contribution in [2.24, 2.45) is 0 Å². The summed E-state index contributed by atoms with van der Waals surface area (Å²) in [6, 6.07) is 21.3. The Labute approximate surface area is 260 Å². The maximum absolute atomic E-state index is 9.42. The lowest BCUT2D eigenvalue weighted by Crippen LogP contribution is -2.20. The lowest BCUT2D eigenvalue weighted by molar-refractivity contribution is 0.646. The zero-order valence-electron chi connectivity index (χ0n) is 26.8. The number of nitrogens with zero attached hydrogens (tertiary/aromatic N) is 9. The summed E-state index contributed by atoms with van der Waals surface area (Å²) in [6.45, 7) is 16.3. The van der Waals surface area contributed by atoms with Gasteiger partial charge in [0.25, 0.3) is 0 Å². The van der Waals surface area contributed by atoms with Gasteiger partial charge in [-0.05, 0) is 88.8 Å². The predicted octanol–water partition coefficient (Wildman–Crippen LogP) is 6.46. The van der Waals surface area contributed by atoms with Crippen LogP contribution in [-0.4, -0.2) is 24.3 Å².